The van der Waals surface area contributed by atoms with Crippen molar-refractivity contribution in [2.45, 2.75) is 38.1 Å². The Kier molecular flexibility index (Phi) is 5.03. The zero-order valence-corrected chi connectivity index (χ0v) is 13.5. The van der Waals surface area contributed by atoms with Crippen molar-refractivity contribution < 1.29 is 14.7 Å². The Morgan fingerprint density at radius 1 is 1.17 bits per heavy atom. The number of urea groups is 1. The number of aromatic nitrogens is 1. The van der Waals surface area contributed by atoms with Gasteiger partial charge in [-0.2, -0.15) is 0 Å². The van der Waals surface area contributed by atoms with E-state index in [1.54, 1.807) is 0 Å². The third kappa shape index (κ3) is 4.07. The number of H-pyrrole nitrogens is 1. The zero-order valence-electron chi connectivity index (χ0n) is 13.5. The highest BCUT2D eigenvalue weighted by atomic mass is 16.4. The van der Waals surface area contributed by atoms with Gasteiger partial charge in [-0.05, 0) is 61.3 Å². The van der Waals surface area contributed by atoms with Crippen LogP contribution >= 0.6 is 0 Å². The summed E-state index contributed by atoms with van der Waals surface area (Å²) in [5.74, 6) is -0.980. The largest absolute Gasteiger partial charge is 0.481 e. The fraction of sp³-hybridized carbons (Fsp3) is 0.444. The highest BCUT2D eigenvalue weighted by Crippen LogP contribution is 2.24. The normalized spacial score (nSPS) is 20.7. The molecule has 1 aliphatic carbocycles. The Morgan fingerprint density at radius 2 is 1.96 bits per heavy atom. The van der Waals surface area contributed by atoms with Crippen LogP contribution in [0.3, 0.4) is 0 Å². The standard InChI is InChI=1S/C18H23N3O3/c22-17(23)13-2-4-15(5-3-13)21-18(24)20-9-7-12-1-6-16-14(11-12)8-10-19-16/h1,6,8,10-11,13,15,19H,2-5,7,9H2,(H,22,23)(H2,20,21,24). The number of amides is 2. The molecule has 128 valence electrons. The molecule has 1 aromatic heterocycles. The van der Waals surface area contributed by atoms with Crippen LogP contribution in [0, 0.1) is 5.92 Å². The van der Waals surface area contributed by atoms with E-state index in [2.05, 4.69) is 27.8 Å². The lowest BCUT2D eigenvalue weighted by atomic mass is 9.86. The number of hydrogen-bond donors (Lipinski definition) is 4. The first-order valence-corrected chi connectivity index (χ1v) is 8.45. The van der Waals surface area contributed by atoms with E-state index in [0.29, 0.717) is 19.4 Å². The summed E-state index contributed by atoms with van der Waals surface area (Å²) in [7, 11) is 0. The average molecular weight is 329 g/mol. The number of aliphatic carboxylic acids is 1. The second-order valence-corrected chi connectivity index (χ2v) is 6.44. The zero-order chi connectivity index (χ0) is 16.9. The van der Waals surface area contributed by atoms with Gasteiger partial charge in [-0.25, -0.2) is 4.79 Å². The quantitative estimate of drug-likeness (QED) is 0.679. The minimum atomic E-state index is -0.725. The van der Waals surface area contributed by atoms with E-state index >= 15 is 0 Å². The number of carbonyl (C=O) groups is 2. The minimum Gasteiger partial charge on any atom is -0.481 e. The Hall–Kier alpha value is -2.50. The molecule has 1 saturated carbocycles. The molecule has 1 fully saturated rings. The van der Waals surface area contributed by atoms with Crippen LogP contribution in [0.15, 0.2) is 30.5 Å². The number of nitrogens with one attached hydrogen (secondary N) is 3. The Labute approximate surface area is 140 Å². The van der Waals surface area contributed by atoms with Crippen LogP contribution in [0.4, 0.5) is 4.79 Å². The fourth-order valence-electron chi connectivity index (χ4n) is 3.30. The summed E-state index contributed by atoms with van der Waals surface area (Å²) in [6.07, 6.45) is 5.43. The predicted molar refractivity (Wildman–Crippen MR) is 91.9 cm³/mol. The van der Waals surface area contributed by atoms with Crippen molar-refractivity contribution in [1.29, 1.82) is 0 Å². The van der Waals surface area contributed by atoms with Crippen LogP contribution in [-0.4, -0.2) is 34.7 Å². The first-order valence-electron chi connectivity index (χ1n) is 8.45. The first-order chi connectivity index (χ1) is 11.6. The molecule has 0 radical (unpaired) electrons. The van der Waals surface area contributed by atoms with Crippen molar-refractivity contribution in [1.82, 2.24) is 15.6 Å². The van der Waals surface area contributed by atoms with Crippen LogP contribution in [0.5, 0.6) is 0 Å². The summed E-state index contributed by atoms with van der Waals surface area (Å²) in [6, 6.07) is 8.18. The number of aromatic amines is 1. The molecule has 6 heteroatoms. The molecule has 1 aromatic carbocycles. The summed E-state index contributed by atoms with van der Waals surface area (Å²) >= 11 is 0. The highest BCUT2D eigenvalue weighted by molar-refractivity contribution is 5.80. The molecule has 2 amide bonds. The van der Waals surface area contributed by atoms with Crippen LogP contribution in [0.2, 0.25) is 0 Å². The molecule has 24 heavy (non-hydrogen) atoms. The van der Waals surface area contributed by atoms with E-state index in [1.807, 2.05) is 18.3 Å². The van der Waals surface area contributed by atoms with E-state index in [4.69, 9.17) is 5.11 Å². The smallest absolute Gasteiger partial charge is 0.315 e. The summed E-state index contributed by atoms with van der Waals surface area (Å²) in [4.78, 5) is 26.0. The van der Waals surface area contributed by atoms with Crippen LogP contribution in [0.1, 0.15) is 31.2 Å². The van der Waals surface area contributed by atoms with Crippen LogP contribution in [0.25, 0.3) is 10.9 Å². The average Bonchev–Trinajstić information content (AvgIpc) is 3.03. The van der Waals surface area contributed by atoms with Gasteiger partial charge in [0.05, 0.1) is 5.92 Å². The van der Waals surface area contributed by atoms with E-state index in [-0.39, 0.29) is 18.0 Å². The lowest BCUT2D eigenvalue weighted by molar-refractivity contribution is -0.142. The van der Waals surface area contributed by atoms with Crippen molar-refractivity contribution in [3.8, 4) is 0 Å². The third-order valence-corrected chi connectivity index (χ3v) is 4.73. The van der Waals surface area contributed by atoms with Gasteiger partial charge >= 0.3 is 12.0 Å². The van der Waals surface area contributed by atoms with Gasteiger partial charge in [0.25, 0.3) is 0 Å². The number of rotatable bonds is 5. The fourth-order valence-corrected chi connectivity index (χ4v) is 3.30. The molecule has 0 aliphatic heterocycles. The number of carboxylic acid groups (broad SMARTS) is 1. The van der Waals surface area contributed by atoms with E-state index < -0.39 is 5.97 Å². The lowest BCUT2D eigenvalue weighted by Gasteiger charge is -2.26. The van der Waals surface area contributed by atoms with Gasteiger partial charge < -0.3 is 20.7 Å². The maximum atomic E-state index is 11.9. The molecule has 3 rings (SSSR count). The highest BCUT2D eigenvalue weighted by Gasteiger charge is 2.26. The van der Waals surface area contributed by atoms with Crippen molar-refractivity contribution in [3.63, 3.8) is 0 Å². The summed E-state index contributed by atoms with van der Waals surface area (Å²) in [5, 5.41) is 16.0. The molecule has 4 N–H and O–H groups in total. The summed E-state index contributed by atoms with van der Waals surface area (Å²) < 4.78 is 0. The number of carboxylic acids is 1. The molecular weight excluding hydrogens is 306 g/mol. The van der Waals surface area contributed by atoms with Crippen LogP contribution < -0.4 is 10.6 Å². The maximum Gasteiger partial charge on any atom is 0.315 e. The molecule has 1 heterocycles. The third-order valence-electron chi connectivity index (χ3n) is 4.73. The second kappa shape index (κ2) is 7.38. The maximum absolute atomic E-state index is 11.9. The van der Waals surface area contributed by atoms with Crippen molar-refractivity contribution in [2.24, 2.45) is 5.92 Å². The molecule has 1 aliphatic rings. The van der Waals surface area contributed by atoms with Gasteiger partial charge in [-0.1, -0.05) is 6.07 Å². The van der Waals surface area contributed by atoms with Gasteiger partial charge in [-0.3, -0.25) is 4.79 Å². The minimum absolute atomic E-state index is 0.0804. The number of hydrogen-bond acceptors (Lipinski definition) is 2. The van der Waals surface area contributed by atoms with Crippen molar-refractivity contribution in [3.05, 3.63) is 36.0 Å². The van der Waals surface area contributed by atoms with Gasteiger partial charge in [0.15, 0.2) is 0 Å². The number of fused-ring (bicyclic) bond motifs is 1. The molecule has 6 nitrogen and oxygen atoms in total. The Bertz CT molecular complexity index is 717. The Balaban J connectivity index is 1.39. The molecule has 2 aromatic rings. The molecule has 0 bridgehead atoms. The molecule has 0 atom stereocenters. The van der Waals surface area contributed by atoms with E-state index in [1.165, 1.54) is 10.9 Å². The van der Waals surface area contributed by atoms with Gasteiger partial charge in [0, 0.05) is 24.3 Å². The monoisotopic (exact) mass is 329 g/mol. The summed E-state index contributed by atoms with van der Waals surface area (Å²) in [6.45, 7) is 0.576. The summed E-state index contributed by atoms with van der Waals surface area (Å²) in [5.41, 5.74) is 2.30. The SMILES string of the molecule is O=C(NCCc1ccc2[nH]ccc2c1)NC1CCC(C(=O)O)CC1. The van der Waals surface area contributed by atoms with Gasteiger partial charge in [0.1, 0.15) is 0 Å². The number of carbonyl (C=O) groups excluding carboxylic acids is 1. The van der Waals surface area contributed by atoms with Gasteiger partial charge in [-0.15, -0.1) is 0 Å². The Morgan fingerprint density at radius 3 is 2.71 bits per heavy atom. The van der Waals surface area contributed by atoms with Gasteiger partial charge in [0.2, 0.25) is 0 Å². The predicted octanol–water partition coefficient (Wildman–Crippen LogP) is 2.65. The molecule has 0 unspecified atom stereocenters. The second-order valence-electron chi connectivity index (χ2n) is 6.44. The number of benzene rings is 1. The molecule has 0 spiro atoms. The molecular formula is C18H23N3O3. The lowest BCUT2D eigenvalue weighted by Crippen LogP contribution is -2.44. The van der Waals surface area contributed by atoms with E-state index in [9.17, 15) is 9.59 Å². The van der Waals surface area contributed by atoms with Crippen molar-refractivity contribution in [2.75, 3.05) is 6.54 Å². The first kappa shape index (κ1) is 16.4. The topological polar surface area (TPSA) is 94.2 Å². The van der Waals surface area contributed by atoms with Crippen molar-refractivity contribution >= 4 is 22.9 Å². The van der Waals surface area contributed by atoms with E-state index in [0.717, 1.165) is 24.8 Å². The van der Waals surface area contributed by atoms with Crippen LogP contribution in [-0.2, 0) is 11.2 Å². The molecule has 0 saturated heterocycles.